The maximum atomic E-state index is 12.8. The van der Waals surface area contributed by atoms with E-state index in [0.717, 1.165) is 103 Å². The van der Waals surface area contributed by atoms with E-state index in [4.69, 9.17) is 14.2 Å². The first kappa shape index (κ1) is 61.9. The Morgan fingerprint density at radius 1 is 0.323 bits per heavy atom. The highest BCUT2D eigenvalue weighted by atomic mass is 16.6. The summed E-state index contributed by atoms with van der Waals surface area (Å²) in [7, 11) is 0. The number of esters is 3. The first-order chi connectivity index (χ1) is 32.0. The van der Waals surface area contributed by atoms with Crippen molar-refractivity contribution in [1.29, 1.82) is 0 Å². The van der Waals surface area contributed by atoms with Gasteiger partial charge in [0.05, 0.1) is 0 Å². The van der Waals surface area contributed by atoms with E-state index in [1.807, 2.05) is 0 Å². The molecule has 0 amide bonds. The van der Waals surface area contributed by atoms with Crippen molar-refractivity contribution >= 4 is 17.9 Å². The quantitative estimate of drug-likeness (QED) is 0.0262. The largest absolute Gasteiger partial charge is 0.462 e. The molecule has 1 atom stereocenters. The van der Waals surface area contributed by atoms with Crippen LogP contribution in [0, 0.1) is 0 Å². The van der Waals surface area contributed by atoms with Crippen molar-refractivity contribution in [3.63, 3.8) is 0 Å². The van der Waals surface area contributed by atoms with Crippen LogP contribution in [0.4, 0.5) is 0 Å². The van der Waals surface area contributed by atoms with E-state index in [0.29, 0.717) is 19.3 Å². The first-order valence-corrected chi connectivity index (χ1v) is 27.4. The number of hydrogen-bond acceptors (Lipinski definition) is 6. The van der Waals surface area contributed by atoms with Gasteiger partial charge in [0.2, 0.25) is 0 Å². The highest BCUT2D eigenvalue weighted by Gasteiger charge is 2.19. The summed E-state index contributed by atoms with van der Waals surface area (Å²) >= 11 is 0. The van der Waals surface area contributed by atoms with Gasteiger partial charge in [0.1, 0.15) is 13.2 Å². The third-order valence-electron chi connectivity index (χ3n) is 11.7. The van der Waals surface area contributed by atoms with Gasteiger partial charge >= 0.3 is 17.9 Å². The molecule has 65 heavy (non-hydrogen) atoms. The summed E-state index contributed by atoms with van der Waals surface area (Å²) in [6.45, 7) is 6.44. The van der Waals surface area contributed by atoms with E-state index >= 15 is 0 Å². The topological polar surface area (TPSA) is 78.9 Å². The maximum Gasteiger partial charge on any atom is 0.306 e. The van der Waals surface area contributed by atoms with Crippen LogP contribution < -0.4 is 0 Å². The predicted molar refractivity (Wildman–Crippen MR) is 279 cm³/mol. The zero-order valence-corrected chi connectivity index (χ0v) is 42.7. The van der Waals surface area contributed by atoms with E-state index in [1.54, 1.807) is 0 Å². The van der Waals surface area contributed by atoms with Crippen molar-refractivity contribution in [1.82, 2.24) is 0 Å². The molecule has 0 bridgehead atoms. The zero-order valence-electron chi connectivity index (χ0n) is 42.7. The fourth-order valence-electron chi connectivity index (χ4n) is 7.58. The summed E-state index contributed by atoms with van der Waals surface area (Å²) in [5.41, 5.74) is 0. The van der Waals surface area contributed by atoms with Gasteiger partial charge in [-0.3, -0.25) is 14.4 Å². The first-order valence-electron chi connectivity index (χ1n) is 27.4. The molecule has 0 aromatic rings. The number of rotatable bonds is 49. The van der Waals surface area contributed by atoms with Gasteiger partial charge in [0.15, 0.2) is 6.10 Å². The second-order valence-electron chi connectivity index (χ2n) is 18.1. The van der Waals surface area contributed by atoms with Gasteiger partial charge in [-0.25, -0.2) is 0 Å². The third kappa shape index (κ3) is 51.7. The molecule has 0 fully saturated rings. The normalized spacial score (nSPS) is 12.6. The van der Waals surface area contributed by atoms with Crippen molar-refractivity contribution in [2.75, 3.05) is 13.2 Å². The average molecular weight is 907 g/mol. The zero-order chi connectivity index (χ0) is 47.2. The molecule has 0 aliphatic rings. The van der Waals surface area contributed by atoms with Gasteiger partial charge in [0.25, 0.3) is 0 Å². The number of carbonyl (C=O) groups is 3. The summed E-state index contributed by atoms with van der Waals surface area (Å²) in [6.07, 6.45) is 67.9. The monoisotopic (exact) mass is 907 g/mol. The third-order valence-corrected chi connectivity index (χ3v) is 11.7. The summed E-state index contributed by atoms with van der Waals surface area (Å²) < 4.78 is 16.7. The SMILES string of the molecule is CC/C=C\C/C=C\C/C=C\C/C=C\C/C=C\CCCCCCCCCCCC(=O)OCC(COC(=O)CCCCCCC)OC(=O)CCCCCCCCC/C=C\CCCCCCCC. The van der Waals surface area contributed by atoms with E-state index in [2.05, 4.69) is 93.7 Å². The lowest BCUT2D eigenvalue weighted by Crippen LogP contribution is -2.30. The number of ether oxygens (including phenoxy) is 3. The molecule has 6 nitrogen and oxygen atoms in total. The lowest BCUT2D eigenvalue weighted by atomic mass is 10.1. The molecule has 0 spiro atoms. The van der Waals surface area contributed by atoms with E-state index < -0.39 is 6.10 Å². The van der Waals surface area contributed by atoms with Crippen LogP contribution in [0.2, 0.25) is 0 Å². The molecule has 374 valence electrons. The van der Waals surface area contributed by atoms with Crippen molar-refractivity contribution in [2.45, 2.75) is 271 Å². The molecule has 0 aromatic carbocycles. The van der Waals surface area contributed by atoms with Crippen LogP contribution >= 0.6 is 0 Å². The lowest BCUT2D eigenvalue weighted by Gasteiger charge is -2.18. The van der Waals surface area contributed by atoms with Crippen LogP contribution in [0.3, 0.4) is 0 Å². The van der Waals surface area contributed by atoms with Crippen molar-refractivity contribution < 1.29 is 28.6 Å². The fraction of sp³-hybridized carbons (Fsp3) is 0.746. The molecule has 0 aliphatic heterocycles. The van der Waals surface area contributed by atoms with Crippen LogP contribution in [0.5, 0.6) is 0 Å². The molecule has 0 radical (unpaired) electrons. The minimum atomic E-state index is -0.776. The Morgan fingerprint density at radius 2 is 0.600 bits per heavy atom. The molecule has 0 aromatic heterocycles. The number of carbonyl (C=O) groups excluding carboxylic acids is 3. The Bertz CT molecular complexity index is 1230. The minimum absolute atomic E-state index is 0.0789. The maximum absolute atomic E-state index is 12.8. The van der Waals surface area contributed by atoms with E-state index in [9.17, 15) is 14.4 Å². The highest BCUT2D eigenvalue weighted by molar-refractivity contribution is 5.71. The van der Waals surface area contributed by atoms with Crippen LogP contribution in [-0.2, 0) is 28.6 Å². The Hall–Kier alpha value is -3.15. The smallest absolute Gasteiger partial charge is 0.306 e. The fourth-order valence-corrected chi connectivity index (χ4v) is 7.58. The summed E-state index contributed by atoms with van der Waals surface area (Å²) in [4.78, 5) is 37.7. The summed E-state index contributed by atoms with van der Waals surface area (Å²) in [5, 5.41) is 0. The van der Waals surface area contributed by atoms with Gasteiger partial charge in [0, 0.05) is 19.3 Å². The molecule has 0 saturated carbocycles. The van der Waals surface area contributed by atoms with Gasteiger partial charge in [-0.15, -0.1) is 0 Å². The second kappa shape index (κ2) is 53.5. The molecular weight excluding hydrogens is 805 g/mol. The second-order valence-corrected chi connectivity index (χ2v) is 18.1. The van der Waals surface area contributed by atoms with E-state index in [1.165, 1.54) is 122 Å². The van der Waals surface area contributed by atoms with Crippen LogP contribution in [0.25, 0.3) is 0 Å². The summed E-state index contributed by atoms with van der Waals surface area (Å²) in [6, 6.07) is 0. The Kier molecular flexibility index (Phi) is 50.9. The molecule has 0 N–H and O–H groups in total. The molecule has 0 rings (SSSR count). The van der Waals surface area contributed by atoms with Crippen molar-refractivity contribution in [3.8, 4) is 0 Å². The number of unbranched alkanes of at least 4 members (excludes halogenated alkanes) is 26. The lowest BCUT2D eigenvalue weighted by molar-refractivity contribution is -0.167. The number of hydrogen-bond donors (Lipinski definition) is 0. The Balaban J connectivity index is 4.12. The van der Waals surface area contributed by atoms with Gasteiger partial charge in [-0.1, -0.05) is 229 Å². The summed E-state index contributed by atoms with van der Waals surface area (Å²) in [5.74, 6) is -0.899. The van der Waals surface area contributed by atoms with Crippen LogP contribution in [-0.4, -0.2) is 37.2 Å². The average Bonchev–Trinajstić information content (AvgIpc) is 3.30. The molecule has 1 unspecified atom stereocenters. The van der Waals surface area contributed by atoms with E-state index in [-0.39, 0.29) is 31.1 Å². The standard InChI is InChI=1S/C59H102O6/c1-4-7-10-13-15-17-19-21-23-25-26-27-28-29-30-31-32-34-35-37-39-41-43-46-49-52-58(61)64-55-56(54-63-57(60)51-48-45-12-9-6-3)65-59(62)53-50-47-44-42-40-38-36-33-24-22-20-18-16-14-11-8-5-2/h7,10,15,17,21-24,26-27,29-30,56H,4-6,8-9,11-14,16,18-20,25,28,31-55H2,1-3H3/b10-7-,17-15-,23-21-,24-22-,27-26-,30-29-. The van der Waals surface area contributed by atoms with Gasteiger partial charge < -0.3 is 14.2 Å². The van der Waals surface area contributed by atoms with Crippen LogP contribution in [0.1, 0.15) is 265 Å². The van der Waals surface area contributed by atoms with Gasteiger partial charge in [-0.2, -0.15) is 0 Å². The number of allylic oxidation sites excluding steroid dienone is 12. The molecule has 0 saturated heterocycles. The van der Waals surface area contributed by atoms with Crippen molar-refractivity contribution in [3.05, 3.63) is 72.9 Å². The molecular formula is C59H102O6. The highest BCUT2D eigenvalue weighted by Crippen LogP contribution is 2.15. The molecule has 0 heterocycles. The minimum Gasteiger partial charge on any atom is -0.462 e. The Morgan fingerprint density at radius 3 is 0.954 bits per heavy atom. The molecule has 6 heteroatoms. The van der Waals surface area contributed by atoms with Crippen LogP contribution in [0.15, 0.2) is 72.9 Å². The van der Waals surface area contributed by atoms with Gasteiger partial charge in [-0.05, 0) is 89.9 Å². The Labute approximate surface area is 402 Å². The molecule has 0 aliphatic carbocycles. The predicted octanol–water partition coefficient (Wildman–Crippen LogP) is 18.2. The van der Waals surface area contributed by atoms with Crippen molar-refractivity contribution in [2.24, 2.45) is 0 Å².